The molecule has 1 N–H and O–H groups in total. The van der Waals surface area contributed by atoms with Crippen molar-refractivity contribution in [2.75, 3.05) is 20.3 Å². The van der Waals surface area contributed by atoms with Crippen molar-refractivity contribution in [3.63, 3.8) is 0 Å². The fraction of sp³-hybridized carbons (Fsp3) is 0.353. The zero-order valence-corrected chi connectivity index (χ0v) is 14.5. The molecule has 7 heteroatoms. The van der Waals surface area contributed by atoms with Gasteiger partial charge in [-0.05, 0) is 18.6 Å². The summed E-state index contributed by atoms with van der Waals surface area (Å²) in [6.45, 7) is 2.61. The Morgan fingerprint density at radius 2 is 2.17 bits per heavy atom. The van der Waals surface area contributed by atoms with Crippen LogP contribution in [0, 0.1) is 0 Å². The molecule has 1 heterocycles. The van der Waals surface area contributed by atoms with Crippen molar-refractivity contribution < 1.29 is 9.53 Å². The van der Waals surface area contributed by atoms with E-state index in [-0.39, 0.29) is 18.0 Å². The fourth-order valence-electron chi connectivity index (χ4n) is 2.23. The molecule has 0 fully saturated rings. The van der Waals surface area contributed by atoms with Gasteiger partial charge in [-0.1, -0.05) is 30.7 Å². The van der Waals surface area contributed by atoms with Gasteiger partial charge in [0.25, 0.3) is 5.56 Å². The van der Waals surface area contributed by atoms with Crippen LogP contribution >= 0.6 is 11.6 Å². The molecule has 0 saturated carbocycles. The Hall–Kier alpha value is -2.18. The van der Waals surface area contributed by atoms with Gasteiger partial charge in [-0.15, -0.1) is 0 Å². The first-order valence-electron chi connectivity index (χ1n) is 7.67. The van der Waals surface area contributed by atoms with E-state index in [1.807, 2.05) is 13.0 Å². The highest BCUT2D eigenvalue weighted by molar-refractivity contribution is 6.30. The average molecular weight is 350 g/mol. The molecule has 0 aliphatic heterocycles. The van der Waals surface area contributed by atoms with Crippen LogP contribution in [0.2, 0.25) is 5.02 Å². The number of aryl methyl sites for hydroxylation is 1. The number of aromatic nitrogens is 2. The molecule has 0 aliphatic carbocycles. The van der Waals surface area contributed by atoms with Gasteiger partial charge in [0.2, 0.25) is 5.91 Å². The number of carbonyl (C=O) groups excluding carboxylic acids is 1. The van der Waals surface area contributed by atoms with Gasteiger partial charge in [-0.3, -0.25) is 14.2 Å². The van der Waals surface area contributed by atoms with Gasteiger partial charge in [-0.25, -0.2) is 4.98 Å². The van der Waals surface area contributed by atoms with Crippen molar-refractivity contribution in [1.29, 1.82) is 0 Å². The average Bonchev–Trinajstić information content (AvgIpc) is 2.56. The Kier molecular flexibility index (Phi) is 6.52. The maximum absolute atomic E-state index is 12.4. The van der Waals surface area contributed by atoms with E-state index in [1.54, 1.807) is 25.3 Å². The molecule has 0 unspecified atom stereocenters. The lowest BCUT2D eigenvalue weighted by atomic mass is 10.2. The predicted octanol–water partition coefficient (Wildman–Crippen LogP) is 1.89. The number of methoxy groups -OCH3 is 1. The van der Waals surface area contributed by atoms with Crippen LogP contribution in [-0.2, 0) is 22.5 Å². The largest absolute Gasteiger partial charge is 0.383 e. The van der Waals surface area contributed by atoms with Gasteiger partial charge in [0.15, 0.2) is 0 Å². The Labute approximate surface area is 145 Å². The molecular formula is C17H20ClN3O3. The molecule has 0 bridgehead atoms. The zero-order valence-electron chi connectivity index (χ0n) is 13.7. The number of rotatable bonds is 7. The lowest BCUT2D eigenvalue weighted by Crippen LogP contribution is -2.35. The van der Waals surface area contributed by atoms with Crippen LogP contribution in [-0.4, -0.2) is 35.7 Å². The standard InChI is InChI=1S/C17H20ClN3O3/c1-3-14-10-16(23)21(11-15(22)19-7-8-24-2)17(20-14)12-5-4-6-13(18)9-12/h4-6,9-10H,3,7-8,11H2,1-2H3,(H,19,22). The van der Waals surface area contributed by atoms with Gasteiger partial charge >= 0.3 is 0 Å². The SMILES string of the molecule is CCc1cc(=O)n(CC(=O)NCCOC)c(-c2cccc(Cl)c2)n1. The van der Waals surface area contributed by atoms with Crippen molar-refractivity contribution in [3.05, 3.63) is 51.4 Å². The van der Waals surface area contributed by atoms with E-state index in [1.165, 1.54) is 10.6 Å². The molecule has 0 atom stereocenters. The molecule has 24 heavy (non-hydrogen) atoms. The summed E-state index contributed by atoms with van der Waals surface area (Å²) in [5.41, 5.74) is 1.10. The zero-order chi connectivity index (χ0) is 17.5. The van der Waals surface area contributed by atoms with Crippen LogP contribution in [0.4, 0.5) is 0 Å². The Morgan fingerprint density at radius 1 is 1.38 bits per heavy atom. The number of benzene rings is 1. The summed E-state index contributed by atoms with van der Waals surface area (Å²) in [6.07, 6.45) is 0.629. The maximum atomic E-state index is 12.4. The summed E-state index contributed by atoms with van der Waals surface area (Å²) in [6, 6.07) is 8.52. The highest BCUT2D eigenvalue weighted by Gasteiger charge is 2.13. The number of hydrogen-bond donors (Lipinski definition) is 1. The number of ether oxygens (including phenoxy) is 1. The highest BCUT2D eigenvalue weighted by atomic mass is 35.5. The van der Waals surface area contributed by atoms with Crippen LogP contribution in [0.1, 0.15) is 12.6 Å². The van der Waals surface area contributed by atoms with E-state index in [4.69, 9.17) is 16.3 Å². The van der Waals surface area contributed by atoms with Crippen LogP contribution in [0.25, 0.3) is 11.4 Å². The highest BCUT2D eigenvalue weighted by Crippen LogP contribution is 2.20. The summed E-state index contributed by atoms with van der Waals surface area (Å²) in [5, 5.41) is 3.24. The van der Waals surface area contributed by atoms with Gasteiger partial charge in [0.1, 0.15) is 12.4 Å². The minimum absolute atomic E-state index is 0.110. The van der Waals surface area contributed by atoms with Gasteiger partial charge in [0, 0.05) is 36.0 Å². The smallest absolute Gasteiger partial charge is 0.254 e. The lowest BCUT2D eigenvalue weighted by molar-refractivity contribution is -0.121. The first kappa shape index (κ1) is 18.2. The quantitative estimate of drug-likeness (QED) is 0.775. The minimum atomic E-state index is -0.275. The van der Waals surface area contributed by atoms with Crippen molar-refractivity contribution in [2.45, 2.75) is 19.9 Å². The first-order valence-corrected chi connectivity index (χ1v) is 8.05. The molecular weight excluding hydrogens is 330 g/mol. The number of nitrogens with zero attached hydrogens (tertiary/aromatic N) is 2. The minimum Gasteiger partial charge on any atom is -0.383 e. The fourth-order valence-corrected chi connectivity index (χ4v) is 2.42. The van der Waals surface area contributed by atoms with Crippen molar-refractivity contribution in [1.82, 2.24) is 14.9 Å². The molecule has 2 rings (SSSR count). The van der Waals surface area contributed by atoms with E-state index >= 15 is 0 Å². The molecule has 6 nitrogen and oxygen atoms in total. The third-order valence-electron chi connectivity index (χ3n) is 3.44. The third-order valence-corrected chi connectivity index (χ3v) is 3.67. The van der Waals surface area contributed by atoms with E-state index in [0.717, 1.165) is 0 Å². The first-order chi connectivity index (χ1) is 11.5. The van der Waals surface area contributed by atoms with Crippen LogP contribution in [0.5, 0.6) is 0 Å². The summed E-state index contributed by atoms with van der Waals surface area (Å²) >= 11 is 6.04. The van der Waals surface area contributed by atoms with E-state index in [0.29, 0.717) is 41.7 Å². The number of amides is 1. The molecule has 0 saturated heterocycles. The van der Waals surface area contributed by atoms with Crippen LogP contribution in [0.3, 0.4) is 0 Å². The number of carbonyl (C=O) groups is 1. The summed E-state index contributed by atoms with van der Waals surface area (Å²) in [7, 11) is 1.56. The Bertz CT molecular complexity index is 774. The van der Waals surface area contributed by atoms with E-state index < -0.39 is 0 Å². The molecule has 1 aromatic carbocycles. The molecule has 2 aromatic rings. The molecule has 0 radical (unpaired) electrons. The second-order valence-corrected chi connectivity index (χ2v) is 5.64. The number of nitrogens with one attached hydrogen (secondary N) is 1. The monoisotopic (exact) mass is 349 g/mol. The van der Waals surface area contributed by atoms with E-state index in [9.17, 15) is 9.59 Å². The van der Waals surface area contributed by atoms with Gasteiger partial charge < -0.3 is 10.1 Å². The van der Waals surface area contributed by atoms with E-state index in [2.05, 4.69) is 10.3 Å². The lowest BCUT2D eigenvalue weighted by Gasteiger charge is -2.13. The third kappa shape index (κ3) is 4.66. The summed E-state index contributed by atoms with van der Waals surface area (Å²) in [5.74, 6) is 0.159. The van der Waals surface area contributed by atoms with Crippen molar-refractivity contribution >= 4 is 17.5 Å². The number of hydrogen-bond acceptors (Lipinski definition) is 4. The normalized spacial score (nSPS) is 10.6. The maximum Gasteiger partial charge on any atom is 0.254 e. The van der Waals surface area contributed by atoms with Crippen molar-refractivity contribution in [2.24, 2.45) is 0 Å². The topological polar surface area (TPSA) is 73.2 Å². The van der Waals surface area contributed by atoms with Gasteiger partial charge in [-0.2, -0.15) is 0 Å². The van der Waals surface area contributed by atoms with Crippen molar-refractivity contribution in [3.8, 4) is 11.4 Å². The Balaban J connectivity index is 2.39. The molecule has 1 amide bonds. The molecule has 0 spiro atoms. The molecule has 128 valence electrons. The van der Waals surface area contributed by atoms with Gasteiger partial charge in [0.05, 0.1) is 6.61 Å². The van der Waals surface area contributed by atoms with Crippen LogP contribution < -0.4 is 10.9 Å². The molecule has 1 aromatic heterocycles. The second-order valence-electron chi connectivity index (χ2n) is 5.20. The predicted molar refractivity (Wildman–Crippen MR) is 93.2 cm³/mol. The summed E-state index contributed by atoms with van der Waals surface area (Å²) in [4.78, 5) is 29.0. The Morgan fingerprint density at radius 3 is 2.83 bits per heavy atom. The molecule has 0 aliphatic rings. The number of halogens is 1. The second kappa shape index (κ2) is 8.61. The summed E-state index contributed by atoms with van der Waals surface area (Å²) < 4.78 is 6.25. The van der Waals surface area contributed by atoms with Crippen LogP contribution in [0.15, 0.2) is 35.1 Å².